The molecule has 4 nitrogen and oxygen atoms in total. The van der Waals surface area contributed by atoms with Crippen LogP contribution >= 0.6 is 0 Å². The van der Waals surface area contributed by atoms with E-state index in [9.17, 15) is 9.90 Å². The molecule has 1 aliphatic rings. The maximum Gasteiger partial charge on any atom is 0.276 e. The van der Waals surface area contributed by atoms with Gasteiger partial charge in [-0.1, -0.05) is 61.7 Å². The number of para-hydroxylation sites is 1. The van der Waals surface area contributed by atoms with E-state index in [1.807, 2.05) is 42.5 Å². The number of H-pyrrole nitrogens is 1. The van der Waals surface area contributed by atoms with Crippen molar-refractivity contribution < 1.29 is 5.11 Å². The van der Waals surface area contributed by atoms with Crippen LogP contribution in [0.3, 0.4) is 0 Å². The Morgan fingerprint density at radius 3 is 2.28 bits per heavy atom. The highest BCUT2D eigenvalue weighted by atomic mass is 16.3. The minimum Gasteiger partial charge on any atom is -0.493 e. The van der Waals surface area contributed by atoms with Crippen LogP contribution < -0.4 is 5.56 Å². The minimum atomic E-state index is -0.285. The summed E-state index contributed by atoms with van der Waals surface area (Å²) in [5.41, 5.74) is 2.84. The fourth-order valence-electron chi connectivity index (χ4n) is 3.81. The van der Waals surface area contributed by atoms with Crippen LogP contribution in [0, 0.1) is 0 Å². The molecule has 0 aliphatic heterocycles. The zero-order valence-corrected chi connectivity index (χ0v) is 14.1. The van der Waals surface area contributed by atoms with Crippen molar-refractivity contribution in [1.29, 1.82) is 0 Å². The van der Waals surface area contributed by atoms with Crippen molar-refractivity contribution in [3.8, 4) is 22.7 Å². The summed E-state index contributed by atoms with van der Waals surface area (Å²) in [5.74, 6) is 0.574. The third-order valence-corrected chi connectivity index (χ3v) is 5.17. The van der Waals surface area contributed by atoms with E-state index < -0.39 is 0 Å². The number of hydrogen-bond acceptors (Lipinski definition) is 2. The molecule has 128 valence electrons. The Balaban J connectivity index is 1.68. The van der Waals surface area contributed by atoms with Gasteiger partial charge in [-0.3, -0.25) is 9.89 Å². The first-order valence-corrected chi connectivity index (χ1v) is 8.94. The van der Waals surface area contributed by atoms with E-state index in [4.69, 9.17) is 0 Å². The molecule has 1 fully saturated rings. The molecule has 0 radical (unpaired) electrons. The molecule has 0 spiro atoms. The summed E-state index contributed by atoms with van der Waals surface area (Å²) >= 11 is 0. The number of aromatic nitrogens is 2. The monoisotopic (exact) mass is 334 g/mol. The van der Waals surface area contributed by atoms with Crippen LogP contribution in [0.2, 0.25) is 0 Å². The van der Waals surface area contributed by atoms with E-state index in [0.29, 0.717) is 11.5 Å². The standard InChI is InChI=1S/C21H22N2O2/c24-20-19(21(25)23(22-20)18-9-5-2-6-10-18)17-13-11-16(12-14-17)15-7-3-1-4-8-15/h2,5-6,9-15,25H,1,3-4,7-8H2,(H,22,24). The van der Waals surface area contributed by atoms with Gasteiger partial charge in [-0.05, 0) is 42.0 Å². The van der Waals surface area contributed by atoms with Gasteiger partial charge in [-0.15, -0.1) is 0 Å². The lowest BCUT2D eigenvalue weighted by molar-refractivity contribution is 0.435. The molecular weight excluding hydrogens is 312 g/mol. The number of rotatable bonds is 3. The second-order valence-electron chi connectivity index (χ2n) is 6.77. The Kier molecular flexibility index (Phi) is 4.18. The van der Waals surface area contributed by atoms with Crippen LogP contribution in [0.15, 0.2) is 59.4 Å². The topological polar surface area (TPSA) is 58.0 Å². The van der Waals surface area contributed by atoms with Gasteiger partial charge in [-0.25, -0.2) is 4.68 Å². The molecule has 0 bridgehead atoms. The third-order valence-electron chi connectivity index (χ3n) is 5.17. The van der Waals surface area contributed by atoms with Crippen LogP contribution in [0.1, 0.15) is 43.6 Å². The van der Waals surface area contributed by atoms with E-state index >= 15 is 0 Å². The van der Waals surface area contributed by atoms with Crippen LogP contribution in [-0.4, -0.2) is 14.9 Å². The van der Waals surface area contributed by atoms with E-state index in [-0.39, 0.29) is 11.4 Å². The molecule has 2 aromatic carbocycles. The van der Waals surface area contributed by atoms with Crippen LogP contribution in [0.5, 0.6) is 5.88 Å². The molecule has 25 heavy (non-hydrogen) atoms. The lowest BCUT2D eigenvalue weighted by Gasteiger charge is -2.22. The van der Waals surface area contributed by atoms with Gasteiger partial charge in [0.25, 0.3) is 5.56 Å². The molecule has 1 heterocycles. The highest BCUT2D eigenvalue weighted by molar-refractivity contribution is 5.69. The van der Waals surface area contributed by atoms with Gasteiger partial charge in [-0.2, -0.15) is 0 Å². The normalized spacial score (nSPS) is 15.4. The lowest BCUT2D eigenvalue weighted by Crippen LogP contribution is -2.06. The highest BCUT2D eigenvalue weighted by Gasteiger charge is 2.19. The summed E-state index contributed by atoms with van der Waals surface area (Å²) in [6.07, 6.45) is 6.43. The number of aromatic amines is 1. The minimum absolute atomic E-state index is 0.0541. The Morgan fingerprint density at radius 2 is 1.60 bits per heavy atom. The van der Waals surface area contributed by atoms with Crippen molar-refractivity contribution >= 4 is 0 Å². The summed E-state index contributed by atoms with van der Waals surface area (Å²) in [6.45, 7) is 0. The van der Waals surface area contributed by atoms with Gasteiger partial charge in [0.1, 0.15) is 5.56 Å². The first-order valence-electron chi connectivity index (χ1n) is 8.94. The average molecular weight is 334 g/mol. The second-order valence-corrected chi connectivity index (χ2v) is 6.77. The molecule has 1 aliphatic carbocycles. The van der Waals surface area contributed by atoms with Gasteiger partial charge in [0.05, 0.1) is 5.69 Å². The molecule has 1 saturated carbocycles. The van der Waals surface area contributed by atoms with Crippen molar-refractivity contribution in [3.63, 3.8) is 0 Å². The quantitative estimate of drug-likeness (QED) is 0.736. The lowest BCUT2D eigenvalue weighted by atomic mass is 9.84. The maximum absolute atomic E-state index is 12.4. The number of benzene rings is 2. The fourth-order valence-corrected chi connectivity index (χ4v) is 3.81. The summed E-state index contributed by atoms with van der Waals surface area (Å²) in [7, 11) is 0. The van der Waals surface area contributed by atoms with Gasteiger partial charge in [0.2, 0.25) is 5.88 Å². The van der Waals surface area contributed by atoms with Crippen LogP contribution in [0.25, 0.3) is 16.8 Å². The van der Waals surface area contributed by atoms with Crippen molar-refractivity contribution in [2.75, 3.05) is 0 Å². The van der Waals surface area contributed by atoms with Crippen molar-refractivity contribution in [2.45, 2.75) is 38.0 Å². The molecule has 3 aromatic rings. The van der Waals surface area contributed by atoms with Crippen LogP contribution in [0.4, 0.5) is 0 Å². The predicted molar refractivity (Wildman–Crippen MR) is 99.3 cm³/mol. The molecule has 0 amide bonds. The summed E-state index contributed by atoms with van der Waals surface area (Å²) in [6, 6.07) is 17.4. The van der Waals surface area contributed by atoms with Crippen LogP contribution in [-0.2, 0) is 0 Å². The molecule has 2 N–H and O–H groups in total. The molecule has 1 aromatic heterocycles. The van der Waals surface area contributed by atoms with E-state index in [1.54, 1.807) is 0 Å². The Morgan fingerprint density at radius 1 is 0.920 bits per heavy atom. The molecular formula is C21H22N2O2. The first kappa shape index (κ1) is 15.8. The predicted octanol–water partition coefficient (Wildman–Crippen LogP) is 4.59. The first-order chi connectivity index (χ1) is 12.2. The Labute approximate surface area is 146 Å². The van der Waals surface area contributed by atoms with E-state index in [2.05, 4.69) is 17.2 Å². The van der Waals surface area contributed by atoms with E-state index in [1.165, 1.54) is 42.3 Å². The Hall–Kier alpha value is -2.75. The van der Waals surface area contributed by atoms with Crippen molar-refractivity contribution in [2.24, 2.45) is 0 Å². The van der Waals surface area contributed by atoms with Gasteiger partial charge in [0, 0.05) is 0 Å². The van der Waals surface area contributed by atoms with Gasteiger partial charge < -0.3 is 5.11 Å². The summed E-state index contributed by atoms with van der Waals surface area (Å²) < 4.78 is 1.42. The van der Waals surface area contributed by atoms with E-state index in [0.717, 1.165) is 11.3 Å². The zero-order chi connectivity index (χ0) is 17.2. The molecule has 0 unspecified atom stereocenters. The number of nitrogens with zero attached hydrogens (tertiary/aromatic N) is 1. The second kappa shape index (κ2) is 6.63. The van der Waals surface area contributed by atoms with Gasteiger partial charge >= 0.3 is 0 Å². The summed E-state index contributed by atoms with van der Waals surface area (Å²) in [5, 5.41) is 13.3. The molecule has 0 saturated heterocycles. The molecule has 4 rings (SSSR count). The highest BCUT2D eigenvalue weighted by Crippen LogP contribution is 2.34. The zero-order valence-electron chi connectivity index (χ0n) is 14.1. The maximum atomic E-state index is 12.4. The average Bonchev–Trinajstić information content (AvgIpc) is 2.98. The van der Waals surface area contributed by atoms with Gasteiger partial charge in [0.15, 0.2) is 0 Å². The van der Waals surface area contributed by atoms with Crippen molar-refractivity contribution in [1.82, 2.24) is 9.78 Å². The smallest absolute Gasteiger partial charge is 0.276 e. The number of nitrogens with one attached hydrogen (secondary N) is 1. The SMILES string of the molecule is O=c1[nH]n(-c2ccccc2)c(O)c1-c1ccc(C2CCCCC2)cc1. The number of hydrogen-bond donors (Lipinski definition) is 2. The Bertz CT molecular complexity index is 901. The largest absolute Gasteiger partial charge is 0.493 e. The van der Waals surface area contributed by atoms with Crippen molar-refractivity contribution in [3.05, 3.63) is 70.5 Å². The molecule has 0 atom stereocenters. The third kappa shape index (κ3) is 3.00. The summed E-state index contributed by atoms with van der Waals surface area (Å²) in [4.78, 5) is 12.4. The number of aromatic hydroxyl groups is 1. The fraction of sp³-hybridized carbons (Fsp3) is 0.286. The molecule has 4 heteroatoms.